The number of rotatable bonds is 7. The summed E-state index contributed by atoms with van der Waals surface area (Å²) in [6, 6.07) is 16.2. The average Bonchev–Trinajstić information content (AvgIpc) is 3.03. The molecule has 0 atom stereocenters. The predicted octanol–water partition coefficient (Wildman–Crippen LogP) is 3.82. The second-order valence-corrected chi connectivity index (χ2v) is 5.75. The van der Waals surface area contributed by atoms with E-state index in [1.54, 1.807) is 0 Å². The van der Waals surface area contributed by atoms with Crippen LogP contribution in [-0.4, -0.2) is 17.4 Å². The zero-order chi connectivity index (χ0) is 16.8. The van der Waals surface area contributed by atoms with Gasteiger partial charge in [-0.05, 0) is 35.7 Å². The molecule has 1 aromatic heterocycles. The molecule has 0 bridgehead atoms. The molecule has 0 unspecified atom stereocenters. The molecule has 0 aliphatic carbocycles. The molecule has 1 amide bonds. The summed E-state index contributed by atoms with van der Waals surface area (Å²) >= 11 is 0. The summed E-state index contributed by atoms with van der Waals surface area (Å²) in [4.78, 5) is 14.6. The van der Waals surface area contributed by atoms with E-state index in [4.69, 9.17) is 4.74 Å². The highest BCUT2D eigenvalue weighted by Crippen LogP contribution is 2.24. The van der Waals surface area contributed by atoms with Gasteiger partial charge < -0.3 is 15.0 Å². The Morgan fingerprint density at radius 1 is 1.17 bits per heavy atom. The van der Waals surface area contributed by atoms with Crippen LogP contribution in [0.25, 0.3) is 10.9 Å². The van der Waals surface area contributed by atoms with Crippen molar-refractivity contribution in [3.8, 4) is 5.75 Å². The summed E-state index contributed by atoms with van der Waals surface area (Å²) in [6.07, 6.45) is 3.32. The van der Waals surface area contributed by atoms with E-state index in [9.17, 15) is 4.79 Å². The second-order valence-electron chi connectivity index (χ2n) is 5.75. The number of benzene rings is 2. The number of hydrogen-bond donors (Lipinski definition) is 2. The molecular weight excluding hydrogens is 300 g/mol. The van der Waals surface area contributed by atoms with Crippen molar-refractivity contribution in [2.45, 2.75) is 26.4 Å². The first kappa shape index (κ1) is 16.1. The minimum atomic E-state index is 0.0849. The van der Waals surface area contributed by atoms with Gasteiger partial charge in [0.15, 0.2) is 0 Å². The number of carbonyl (C=O) groups excluding carboxylic acids is 1. The fourth-order valence-electron chi connectivity index (χ4n) is 2.66. The van der Waals surface area contributed by atoms with Crippen LogP contribution >= 0.6 is 0 Å². The SMILES string of the molecule is CCC(=O)NCCc1c[nH]c2ccc(OCc3ccccc3)cc12. The second kappa shape index (κ2) is 7.68. The average molecular weight is 322 g/mol. The van der Waals surface area contributed by atoms with Gasteiger partial charge in [-0.3, -0.25) is 4.79 Å². The smallest absolute Gasteiger partial charge is 0.219 e. The molecule has 0 spiro atoms. The lowest BCUT2D eigenvalue weighted by atomic mass is 10.1. The molecule has 2 aromatic carbocycles. The quantitative estimate of drug-likeness (QED) is 0.695. The lowest BCUT2D eigenvalue weighted by Gasteiger charge is -2.07. The maximum atomic E-state index is 11.3. The third kappa shape index (κ3) is 3.96. The van der Waals surface area contributed by atoms with E-state index in [0.717, 1.165) is 28.6 Å². The van der Waals surface area contributed by atoms with Crippen LogP contribution in [-0.2, 0) is 17.8 Å². The maximum absolute atomic E-state index is 11.3. The van der Waals surface area contributed by atoms with Crippen molar-refractivity contribution >= 4 is 16.8 Å². The lowest BCUT2D eigenvalue weighted by molar-refractivity contribution is -0.120. The van der Waals surface area contributed by atoms with Crippen LogP contribution in [0.3, 0.4) is 0 Å². The van der Waals surface area contributed by atoms with Crippen LogP contribution < -0.4 is 10.1 Å². The number of amides is 1. The molecule has 4 nitrogen and oxygen atoms in total. The van der Waals surface area contributed by atoms with Crippen molar-refractivity contribution in [1.29, 1.82) is 0 Å². The van der Waals surface area contributed by atoms with Crippen LogP contribution in [0.1, 0.15) is 24.5 Å². The Morgan fingerprint density at radius 2 is 2.00 bits per heavy atom. The summed E-state index contributed by atoms with van der Waals surface area (Å²) in [6.45, 7) is 3.06. The van der Waals surface area contributed by atoms with Gasteiger partial charge >= 0.3 is 0 Å². The van der Waals surface area contributed by atoms with Gasteiger partial charge in [-0.25, -0.2) is 0 Å². The molecule has 3 aromatic rings. The first-order valence-corrected chi connectivity index (χ1v) is 8.29. The standard InChI is InChI=1S/C20H22N2O2/c1-2-20(23)21-11-10-16-13-22-19-9-8-17(12-18(16)19)24-14-15-6-4-3-5-7-15/h3-9,12-13,22H,2,10-11,14H2,1H3,(H,21,23). The Kier molecular flexibility index (Phi) is 5.16. The van der Waals surface area contributed by atoms with Crippen molar-refractivity contribution in [1.82, 2.24) is 10.3 Å². The fraction of sp³-hybridized carbons (Fsp3) is 0.250. The Morgan fingerprint density at radius 3 is 2.79 bits per heavy atom. The Balaban J connectivity index is 1.67. The van der Waals surface area contributed by atoms with E-state index in [-0.39, 0.29) is 5.91 Å². The Labute approximate surface area is 141 Å². The number of aromatic nitrogens is 1. The first-order chi connectivity index (χ1) is 11.8. The number of nitrogens with one attached hydrogen (secondary N) is 2. The van der Waals surface area contributed by atoms with E-state index in [1.807, 2.05) is 43.5 Å². The van der Waals surface area contributed by atoms with Gasteiger partial charge in [-0.2, -0.15) is 0 Å². The number of ether oxygens (including phenoxy) is 1. The highest BCUT2D eigenvalue weighted by molar-refractivity contribution is 5.84. The van der Waals surface area contributed by atoms with Gasteiger partial charge in [0.2, 0.25) is 5.91 Å². The first-order valence-electron chi connectivity index (χ1n) is 8.29. The maximum Gasteiger partial charge on any atom is 0.219 e. The number of aromatic amines is 1. The van der Waals surface area contributed by atoms with Gasteiger partial charge in [0.25, 0.3) is 0 Å². The molecule has 4 heteroatoms. The molecular formula is C20H22N2O2. The summed E-state index contributed by atoms with van der Waals surface area (Å²) in [5.41, 5.74) is 3.42. The zero-order valence-electron chi connectivity index (χ0n) is 13.8. The van der Waals surface area contributed by atoms with Gasteiger partial charge in [0.1, 0.15) is 12.4 Å². The molecule has 24 heavy (non-hydrogen) atoms. The molecule has 124 valence electrons. The summed E-state index contributed by atoms with van der Waals surface area (Å²) in [7, 11) is 0. The summed E-state index contributed by atoms with van der Waals surface area (Å²) in [5.74, 6) is 0.937. The molecule has 0 aliphatic rings. The van der Waals surface area contributed by atoms with Crippen LogP contribution in [0.15, 0.2) is 54.7 Å². The molecule has 0 fully saturated rings. The van der Waals surface area contributed by atoms with Gasteiger partial charge in [-0.1, -0.05) is 37.3 Å². The molecule has 1 heterocycles. The normalized spacial score (nSPS) is 10.7. The molecule has 0 saturated carbocycles. The zero-order valence-corrected chi connectivity index (χ0v) is 13.8. The van der Waals surface area contributed by atoms with Gasteiger partial charge in [0, 0.05) is 30.1 Å². The van der Waals surface area contributed by atoms with Crippen molar-refractivity contribution in [3.05, 3.63) is 65.9 Å². The largest absolute Gasteiger partial charge is 0.489 e. The topological polar surface area (TPSA) is 54.1 Å². The predicted molar refractivity (Wildman–Crippen MR) is 96.1 cm³/mol. The number of carbonyl (C=O) groups is 1. The van der Waals surface area contributed by atoms with E-state index in [1.165, 1.54) is 5.56 Å². The molecule has 0 saturated heterocycles. The third-order valence-electron chi connectivity index (χ3n) is 4.02. The molecule has 3 rings (SSSR count). The highest BCUT2D eigenvalue weighted by atomic mass is 16.5. The molecule has 0 radical (unpaired) electrons. The van der Waals surface area contributed by atoms with Gasteiger partial charge in [0.05, 0.1) is 0 Å². The lowest BCUT2D eigenvalue weighted by Crippen LogP contribution is -2.24. The van der Waals surface area contributed by atoms with Crippen LogP contribution in [0.4, 0.5) is 0 Å². The van der Waals surface area contributed by atoms with E-state index in [0.29, 0.717) is 19.6 Å². The monoisotopic (exact) mass is 322 g/mol. The van der Waals surface area contributed by atoms with Crippen molar-refractivity contribution in [2.75, 3.05) is 6.54 Å². The summed E-state index contributed by atoms with van der Waals surface area (Å²) < 4.78 is 5.90. The Hall–Kier alpha value is -2.75. The number of fused-ring (bicyclic) bond motifs is 1. The summed E-state index contributed by atoms with van der Waals surface area (Å²) in [5, 5.41) is 4.06. The fourth-order valence-corrected chi connectivity index (χ4v) is 2.66. The third-order valence-corrected chi connectivity index (χ3v) is 4.02. The van der Waals surface area contributed by atoms with Crippen molar-refractivity contribution < 1.29 is 9.53 Å². The van der Waals surface area contributed by atoms with Crippen molar-refractivity contribution in [3.63, 3.8) is 0 Å². The molecule has 2 N–H and O–H groups in total. The van der Waals surface area contributed by atoms with Gasteiger partial charge in [-0.15, -0.1) is 0 Å². The highest BCUT2D eigenvalue weighted by Gasteiger charge is 2.06. The van der Waals surface area contributed by atoms with E-state index < -0.39 is 0 Å². The Bertz CT molecular complexity index is 809. The van der Waals surface area contributed by atoms with E-state index in [2.05, 4.69) is 28.5 Å². The minimum Gasteiger partial charge on any atom is -0.489 e. The number of hydrogen-bond acceptors (Lipinski definition) is 2. The van der Waals surface area contributed by atoms with Crippen LogP contribution in [0.2, 0.25) is 0 Å². The minimum absolute atomic E-state index is 0.0849. The van der Waals surface area contributed by atoms with Crippen molar-refractivity contribution in [2.24, 2.45) is 0 Å². The van der Waals surface area contributed by atoms with Crippen LogP contribution in [0.5, 0.6) is 5.75 Å². The number of H-pyrrole nitrogens is 1. The molecule has 0 aliphatic heterocycles. The van der Waals surface area contributed by atoms with E-state index >= 15 is 0 Å². The van der Waals surface area contributed by atoms with Crippen LogP contribution in [0, 0.1) is 0 Å².